The number of nitro groups is 1. The van der Waals surface area contributed by atoms with Crippen LogP contribution in [0.2, 0.25) is 10.0 Å². The van der Waals surface area contributed by atoms with Crippen LogP contribution in [-0.2, 0) is 0 Å². The van der Waals surface area contributed by atoms with E-state index in [4.69, 9.17) is 23.2 Å². The molecule has 0 saturated heterocycles. The summed E-state index contributed by atoms with van der Waals surface area (Å²) in [6.45, 7) is 0. The minimum absolute atomic E-state index is 0.0169. The van der Waals surface area contributed by atoms with E-state index < -0.39 is 0 Å². The van der Waals surface area contributed by atoms with Crippen LogP contribution in [0.5, 0.6) is 0 Å². The van der Waals surface area contributed by atoms with Gasteiger partial charge in [-0.3, -0.25) is 10.1 Å². The molecule has 2 aromatic carbocycles. The van der Waals surface area contributed by atoms with Crippen molar-refractivity contribution in [1.29, 1.82) is 0 Å². The van der Waals surface area contributed by atoms with Crippen molar-refractivity contribution in [3.05, 3.63) is 79.8 Å². The van der Waals surface area contributed by atoms with Crippen LogP contribution in [-0.4, -0.2) is 4.92 Å². The average Bonchev–Trinajstić information content (AvgIpc) is 3.03. The van der Waals surface area contributed by atoms with Crippen molar-refractivity contribution in [3.8, 4) is 0 Å². The number of benzene rings is 2. The van der Waals surface area contributed by atoms with Gasteiger partial charge in [0.15, 0.2) is 0 Å². The third kappa shape index (κ3) is 2.46. The third-order valence-electron chi connectivity index (χ3n) is 4.82. The molecule has 6 heteroatoms. The maximum absolute atomic E-state index is 11.5. The first-order chi connectivity index (χ1) is 11.5. The number of hydrogen-bond acceptors (Lipinski definition) is 3. The number of halogens is 2. The van der Waals surface area contributed by atoms with Gasteiger partial charge >= 0.3 is 0 Å². The molecule has 0 fully saturated rings. The van der Waals surface area contributed by atoms with E-state index in [1.54, 1.807) is 0 Å². The van der Waals surface area contributed by atoms with E-state index in [-0.39, 0.29) is 28.5 Å². The number of nitrogens with zero attached hydrogens (tertiary/aromatic N) is 1. The van der Waals surface area contributed by atoms with Crippen molar-refractivity contribution >= 4 is 34.6 Å². The number of nitrogens with one attached hydrogen (secondary N) is 1. The summed E-state index contributed by atoms with van der Waals surface area (Å²) in [5.74, 6) is 0.400. The summed E-state index contributed by atoms with van der Waals surface area (Å²) in [6.07, 6.45) is 5.17. The Kier molecular flexibility index (Phi) is 3.74. The van der Waals surface area contributed by atoms with Crippen molar-refractivity contribution in [2.75, 3.05) is 5.32 Å². The molecule has 0 spiro atoms. The van der Waals surface area contributed by atoms with Gasteiger partial charge in [0.25, 0.3) is 5.69 Å². The fourth-order valence-electron chi connectivity index (χ4n) is 3.82. The zero-order chi connectivity index (χ0) is 16.8. The first kappa shape index (κ1) is 15.5. The van der Waals surface area contributed by atoms with Crippen molar-refractivity contribution in [3.63, 3.8) is 0 Å². The summed E-state index contributed by atoms with van der Waals surface area (Å²) in [7, 11) is 0. The monoisotopic (exact) mass is 360 g/mol. The lowest BCUT2D eigenvalue weighted by atomic mass is 9.77. The lowest BCUT2D eigenvalue weighted by Crippen LogP contribution is -2.29. The highest BCUT2D eigenvalue weighted by atomic mass is 35.5. The maximum Gasteiger partial charge on any atom is 0.294 e. The van der Waals surface area contributed by atoms with E-state index in [2.05, 4.69) is 17.5 Å². The molecule has 0 radical (unpaired) electrons. The minimum Gasteiger partial charge on any atom is -0.372 e. The Morgan fingerprint density at radius 2 is 2.00 bits per heavy atom. The van der Waals surface area contributed by atoms with Crippen LogP contribution < -0.4 is 5.32 Å². The largest absolute Gasteiger partial charge is 0.372 e. The van der Waals surface area contributed by atoms with Crippen LogP contribution in [0, 0.1) is 16.0 Å². The van der Waals surface area contributed by atoms with Crippen LogP contribution in [0.4, 0.5) is 11.4 Å². The standard InChI is InChI=1S/C18H14Cl2N2O2/c19-11-4-1-3-10(7-11)17-14-6-2-5-13(14)15-8-12(20)9-16(22(23)24)18(15)21-17/h1-5,7-9,13-14,17,21H,6H2. The molecule has 4 nitrogen and oxygen atoms in total. The zero-order valence-electron chi connectivity index (χ0n) is 12.6. The van der Waals surface area contributed by atoms with Gasteiger partial charge in [-0.05, 0) is 41.7 Å². The Bertz CT molecular complexity index is 866. The van der Waals surface area contributed by atoms with E-state index in [1.807, 2.05) is 30.3 Å². The van der Waals surface area contributed by atoms with Gasteiger partial charge in [-0.25, -0.2) is 0 Å². The topological polar surface area (TPSA) is 55.2 Å². The summed E-state index contributed by atoms with van der Waals surface area (Å²) in [5.41, 5.74) is 2.51. The van der Waals surface area contributed by atoms with Crippen LogP contribution in [0.15, 0.2) is 48.6 Å². The molecule has 0 amide bonds. The van der Waals surface area contributed by atoms with Gasteiger partial charge < -0.3 is 5.32 Å². The highest BCUT2D eigenvalue weighted by Gasteiger charge is 2.40. The highest BCUT2D eigenvalue weighted by molar-refractivity contribution is 6.31. The molecule has 3 atom stereocenters. The van der Waals surface area contributed by atoms with Crippen molar-refractivity contribution in [2.45, 2.75) is 18.4 Å². The average molecular weight is 361 g/mol. The molecule has 0 aromatic heterocycles. The van der Waals surface area contributed by atoms with Crippen LogP contribution >= 0.6 is 23.2 Å². The van der Waals surface area contributed by atoms with E-state index in [0.29, 0.717) is 15.7 Å². The third-order valence-corrected chi connectivity index (χ3v) is 5.27. The summed E-state index contributed by atoms with van der Waals surface area (Å²) in [5, 5.41) is 15.9. The van der Waals surface area contributed by atoms with Crippen LogP contribution in [0.1, 0.15) is 29.5 Å². The van der Waals surface area contributed by atoms with Gasteiger partial charge in [0.1, 0.15) is 5.69 Å². The van der Waals surface area contributed by atoms with E-state index >= 15 is 0 Å². The van der Waals surface area contributed by atoms with Crippen molar-refractivity contribution < 1.29 is 4.92 Å². The second-order valence-corrected chi connectivity index (χ2v) is 7.05. The molecule has 1 N–H and O–H groups in total. The predicted octanol–water partition coefficient (Wildman–Crippen LogP) is 5.73. The SMILES string of the molecule is O=[N+]([O-])c1cc(Cl)cc2c1NC(c1cccc(Cl)c1)C1CC=CC21. The molecule has 0 bridgehead atoms. The number of hydrogen-bond donors (Lipinski definition) is 1. The minimum atomic E-state index is -0.383. The summed E-state index contributed by atoms with van der Waals surface area (Å²) >= 11 is 12.3. The van der Waals surface area contributed by atoms with Crippen LogP contribution in [0.25, 0.3) is 0 Å². The lowest BCUT2D eigenvalue weighted by Gasteiger charge is -2.37. The first-order valence-corrected chi connectivity index (χ1v) is 8.46. The summed E-state index contributed by atoms with van der Waals surface area (Å²) in [6, 6.07) is 10.9. The number of allylic oxidation sites excluding steroid dienone is 2. The number of nitro benzene ring substituents is 1. The number of rotatable bonds is 2. The Morgan fingerprint density at radius 3 is 2.75 bits per heavy atom. The van der Waals surface area contributed by atoms with Crippen molar-refractivity contribution in [1.82, 2.24) is 0 Å². The molecule has 122 valence electrons. The van der Waals surface area contributed by atoms with Gasteiger partial charge in [-0.15, -0.1) is 0 Å². The maximum atomic E-state index is 11.5. The highest BCUT2D eigenvalue weighted by Crippen LogP contribution is 2.52. The van der Waals surface area contributed by atoms with E-state index in [0.717, 1.165) is 17.5 Å². The van der Waals surface area contributed by atoms with Gasteiger partial charge in [0.05, 0.1) is 11.0 Å². The van der Waals surface area contributed by atoms with Gasteiger partial charge in [0, 0.05) is 22.0 Å². The Morgan fingerprint density at radius 1 is 1.17 bits per heavy atom. The molecule has 1 heterocycles. The number of anilines is 1. The second-order valence-electron chi connectivity index (χ2n) is 6.18. The molecule has 2 aliphatic rings. The molecule has 2 aromatic rings. The number of fused-ring (bicyclic) bond motifs is 3. The molecule has 24 heavy (non-hydrogen) atoms. The van der Waals surface area contributed by atoms with Gasteiger partial charge in [-0.2, -0.15) is 0 Å². The van der Waals surface area contributed by atoms with Gasteiger partial charge in [0.2, 0.25) is 0 Å². The van der Waals surface area contributed by atoms with E-state index in [1.165, 1.54) is 6.07 Å². The molecule has 0 saturated carbocycles. The van der Waals surface area contributed by atoms with Crippen LogP contribution in [0.3, 0.4) is 0 Å². The second kappa shape index (κ2) is 5.80. The normalized spacial score (nSPS) is 24.2. The molecule has 1 aliphatic heterocycles. The summed E-state index contributed by atoms with van der Waals surface area (Å²) < 4.78 is 0. The molecular weight excluding hydrogens is 347 g/mol. The Hall–Kier alpha value is -2.04. The zero-order valence-corrected chi connectivity index (χ0v) is 14.1. The molecule has 4 rings (SSSR count). The Labute approximate surface area is 149 Å². The molecular formula is C18H14Cl2N2O2. The molecule has 1 aliphatic carbocycles. The fraction of sp³-hybridized carbons (Fsp3) is 0.222. The van der Waals surface area contributed by atoms with Crippen molar-refractivity contribution in [2.24, 2.45) is 5.92 Å². The lowest BCUT2D eigenvalue weighted by molar-refractivity contribution is -0.384. The Balaban J connectivity index is 1.87. The predicted molar refractivity (Wildman–Crippen MR) is 95.9 cm³/mol. The van der Waals surface area contributed by atoms with E-state index in [9.17, 15) is 10.1 Å². The summed E-state index contributed by atoms with van der Waals surface area (Å²) in [4.78, 5) is 11.1. The van der Waals surface area contributed by atoms with Gasteiger partial charge in [-0.1, -0.05) is 47.5 Å². The fourth-order valence-corrected chi connectivity index (χ4v) is 4.24. The first-order valence-electron chi connectivity index (χ1n) is 7.71. The molecule has 3 unspecified atom stereocenters. The quantitative estimate of drug-likeness (QED) is 0.422. The smallest absolute Gasteiger partial charge is 0.294 e.